The molecule has 0 unspecified atom stereocenters. The van der Waals surface area contributed by atoms with Gasteiger partial charge in [-0.3, -0.25) is 4.98 Å². The van der Waals surface area contributed by atoms with Crippen LogP contribution in [0.3, 0.4) is 0 Å². The molecule has 1 aliphatic heterocycles. The van der Waals surface area contributed by atoms with Gasteiger partial charge in [0.25, 0.3) is 0 Å². The Morgan fingerprint density at radius 3 is 2.81 bits per heavy atom. The van der Waals surface area contributed by atoms with Gasteiger partial charge >= 0.3 is 0 Å². The second-order valence-electron chi connectivity index (χ2n) is 7.09. The number of hydrogen-bond donors (Lipinski definition) is 1. The van der Waals surface area contributed by atoms with E-state index in [1.807, 2.05) is 18.3 Å². The summed E-state index contributed by atoms with van der Waals surface area (Å²) in [6.07, 6.45) is 9.00. The van der Waals surface area contributed by atoms with Crippen LogP contribution in [0, 0.1) is 0 Å². The molecule has 2 aromatic heterocycles. The van der Waals surface area contributed by atoms with Crippen molar-refractivity contribution in [3.05, 3.63) is 54.1 Å². The molecule has 6 heteroatoms. The van der Waals surface area contributed by atoms with Crippen molar-refractivity contribution in [2.45, 2.75) is 50.4 Å². The summed E-state index contributed by atoms with van der Waals surface area (Å²) in [7, 11) is 1.75. The molecule has 1 N–H and O–H groups in total. The third-order valence-corrected chi connectivity index (χ3v) is 5.89. The van der Waals surface area contributed by atoms with Gasteiger partial charge in [-0.15, -0.1) is 0 Å². The smallest absolute Gasteiger partial charge is 0.170 e. The van der Waals surface area contributed by atoms with Crippen LogP contribution in [0.25, 0.3) is 0 Å². The second kappa shape index (κ2) is 7.76. The van der Waals surface area contributed by atoms with Gasteiger partial charge in [0.1, 0.15) is 0 Å². The molecule has 0 aromatic carbocycles. The van der Waals surface area contributed by atoms with Gasteiger partial charge in [-0.25, -0.2) is 0 Å². The molecule has 0 amide bonds. The van der Waals surface area contributed by atoms with Crippen LogP contribution in [0.4, 0.5) is 0 Å². The molecule has 2 atom stereocenters. The fraction of sp³-hybridized carbons (Fsp3) is 0.500. The highest BCUT2D eigenvalue weighted by Gasteiger charge is 2.44. The van der Waals surface area contributed by atoms with E-state index in [4.69, 9.17) is 17.0 Å². The first-order chi connectivity index (χ1) is 12.8. The molecule has 2 fully saturated rings. The molecule has 0 spiro atoms. The summed E-state index contributed by atoms with van der Waals surface area (Å²) >= 11 is 5.79. The summed E-state index contributed by atoms with van der Waals surface area (Å²) in [5, 5.41) is 4.43. The molecule has 4 rings (SSSR count). The number of rotatable bonds is 6. The van der Waals surface area contributed by atoms with Gasteiger partial charge in [0, 0.05) is 37.8 Å². The highest BCUT2D eigenvalue weighted by molar-refractivity contribution is 7.80. The van der Waals surface area contributed by atoms with E-state index in [2.05, 4.69) is 44.2 Å². The Balaban J connectivity index is 1.73. The molecule has 1 saturated carbocycles. The van der Waals surface area contributed by atoms with E-state index < -0.39 is 0 Å². The molecule has 26 heavy (non-hydrogen) atoms. The quantitative estimate of drug-likeness (QED) is 0.789. The van der Waals surface area contributed by atoms with E-state index >= 15 is 0 Å². The first-order valence-corrected chi connectivity index (χ1v) is 9.84. The largest absolute Gasteiger partial charge is 0.383 e. The van der Waals surface area contributed by atoms with Crippen molar-refractivity contribution in [1.82, 2.24) is 19.8 Å². The van der Waals surface area contributed by atoms with Gasteiger partial charge in [0.2, 0.25) is 0 Å². The predicted octanol–water partition coefficient (Wildman–Crippen LogP) is 3.44. The lowest BCUT2D eigenvalue weighted by atomic mass is 9.99. The molecule has 2 aliphatic rings. The van der Waals surface area contributed by atoms with E-state index in [1.165, 1.54) is 31.4 Å². The topological polar surface area (TPSA) is 42.3 Å². The highest BCUT2D eigenvalue weighted by Crippen LogP contribution is 2.42. The van der Waals surface area contributed by atoms with Crippen LogP contribution in [0.1, 0.15) is 49.2 Å². The maximum atomic E-state index is 5.79. The van der Waals surface area contributed by atoms with E-state index in [0.717, 1.165) is 17.4 Å². The first kappa shape index (κ1) is 17.5. The molecule has 5 nitrogen and oxygen atoms in total. The lowest BCUT2D eigenvalue weighted by molar-refractivity contribution is 0.181. The molecule has 2 aromatic rings. The second-order valence-corrected chi connectivity index (χ2v) is 7.48. The minimum absolute atomic E-state index is 0.0699. The molecular weight excluding hydrogens is 344 g/mol. The van der Waals surface area contributed by atoms with Gasteiger partial charge in [0.15, 0.2) is 5.11 Å². The summed E-state index contributed by atoms with van der Waals surface area (Å²) in [4.78, 5) is 7.07. The molecular formula is C20H26N4OS. The highest BCUT2D eigenvalue weighted by atomic mass is 32.1. The van der Waals surface area contributed by atoms with Crippen LogP contribution in [-0.4, -0.2) is 39.3 Å². The van der Waals surface area contributed by atoms with Crippen molar-refractivity contribution in [2.75, 3.05) is 13.7 Å². The van der Waals surface area contributed by atoms with Gasteiger partial charge in [-0.2, -0.15) is 0 Å². The van der Waals surface area contributed by atoms with Crippen molar-refractivity contribution < 1.29 is 4.74 Å². The fourth-order valence-corrected chi connectivity index (χ4v) is 4.74. The summed E-state index contributed by atoms with van der Waals surface area (Å²) in [5.41, 5.74) is 2.32. The lowest BCUT2D eigenvalue weighted by Crippen LogP contribution is -2.38. The minimum atomic E-state index is 0.0699. The maximum Gasteiger partial charge on any atom is 0.170 e. The van der Waals surface area contributed by atoms with Crippen molar-refractivity contribution in [3.63, 3.8) is 0 Å². The fourth-order valence-electron chi connectivity index (χ4n) is 4.35. The molecule has 3 heterocycles. The third-order valence-electron chi connectivity index (χ3n) is 5.56. The van der Waals surface area contributed by atoms with Gasteiger partial charge in [-0.05, 0) is 49.3 Å². The Kier molecular flexibility index (Phi) is 5.22. The van der Waals surface area contributed by atoms with Crippen LogP contribution in [-0.2, 0) is 11.3 Å². The lowest BCUT2D eigenvalue weighted by Gasteiger charge is -2.33. The number of nitrogens with one attached hydrogen (secondary N) is 1. The predicted molar refractivity (Wildman–Crippen MR) is 106 cm³/mol. The van der Waals surface area contributed by atoms with E-state index in [9.17, 15) is 0 Å². The minimum Gasteiger partial charge on any atom is -0.383 e. The van der Waals surface area contributed by atoms with Crippen molar-refractivity contribution in [2.24, 2.45) is 0 Å². The Hall–Kier alpha value is -1.92. The summed E-state index contributed by atoms with van der Waals surface area (Å²) in [6.45, 7) is 1.54. The first-order valence-electron chi connectivity index (χ1n) is 9.43. The normalized spacial score (nSPS) is 23.6. The molecule has 0 radical (unpaired) electrons. The SMILES string of the molecule is COCCn1cccc1[C@H]1[C@H](c2ccccn2)NC(=S)N1C1CCCC1. The summed E-state index contributed by atoms with van der Waals surface area (Å²) in [6, 6.07) is 11.2. The van der Waals surface area contributed by atoms with E-state index in [0.29, 0.717) is 12.6 Å². The van der Waals surface area contributed by atoms with Crippen molar-refractivity contribution >= 4 is 17.3 Å². The van der Waals surface area contributed by atoms with Gasteiger partial charge < -0.3 is 19.5 Å². The van der Waals surface area contributed by atoms with Gasteiger partial charge in [0.05, 0.1) is 24.4 Å². The Labute approximate surface area is 160 Å². The Morgan fingerprint density at radius 1 is 1.23 bits per heavy atom. The standard InChI is InChI=1S/C20H26N4OS/c1-25-14-13-23-12-6-10-17(23)19-18(16-9-4-5-11-21-16)22-20(26)24(19)15-7-2-3-8-15/h4-6,9-12,15,18-19H,2-3,7-8,13-14H2,1H3,(H,22,26)/t18-,19-/m0/s1. The van der Waals surface area contributed by atoms with Crippen LogP contribution < -0.4 is 5.32 Å². The van der Waals surface area contributed by atoms with Crippen molar-refractivity contribution in [3.8, 4) is 0 Å². The maximum absolute atomic E-state index is 5.79. The summed E-state index contributed by atoms with van der Waals surface area (Å²) in [5.74, 6) is 0. The number of hydrogen-bond acceptors (Lipinski definition) is 3. The zero-order valence-corrected chi connectivity index (χ0v) is 16.0. The number of methoxy groups -OCH3 is 1. The van der Waals surface area contributed by atoms with Crippen molar-refractivity contribution in [1.29, 1.82) is 0 Å². The average Bonchev–Trinajstić information content (AvgIpc) is 3.39. The third kappa shape index (κ3) is 3.23. The molecule has 138 valence electrons. The Bertz CT molecular complexity index is 741. The monoisotopic (exact) mass is 370 g/mol. The van der Waals surface area contributed by atoms with E-state index in [1.54, 1.807) is 7.11 Å². The average molecular weight is 371 g/mol. The van der Waals surface area contributed by atoms with Gasteiger partial charge in [-0.1, -0.05) is 18.9 Å². The Morgan fingerprint density at radius 2 is 2.08 bits per heavy atom. The summed E-state index contributed by atoms with van der Waals surface area (Å²) < 4.78 is 7.60. The van der Waals surface area contributed by atoms with E-state index in [-0.39, 0.29) is 12.1 Å². The molecule has 1 saturated heterocycles. The number of pyridine rings is 1. The van der Waals surface area contributed by atoms with Crippen LogP contribution in [0.2, 0.25) is 0 Å². The van der Waals surface area contributed by atoms with Crippen LogP contribution in [0.5, 0.6) is 0 Å². The number of ether oxygens (including phenoxy) is 1. The molecule has 0 bridgehead atoms. The molecule has 1 aliphatic carbocycles. The zero-order valence-electron chi connectivity index (χ0n) is 15.2. The van der Waals surface area contributed by atoms with Crippen LogP contribution >= 0.6 is 12.2 Å². The number of thiocarbonyl (C=S) groups is 1. The zero-order chi connectivity index (χ0) is 17.9. The van der Waals surface area contributed by atoms with Crippen LogP contribution in [0.15, 0.2) is 42.7 Å². The number of nitrogens with zero attached hydrogens (tertiary/aromatic N) is 3. The number of aromatic nitrogens is 2.